The second kappa shape index (κ2) is 8.31. The van der Waals surface area contributed by atoms with E-state index in [1.54, 1.807) is 7.11 Å². The second-order valence-corrected chi connectivity index (χ2v) is 7.68. The quantitative estimate of drug-likeness (QED) is 0.848. The minimum absolute atomic E-state index is 0.0489. The van der Waals surface area contributed by atoms with Crippen LogP contribution in [-0.2, 0) is 4.74 Å². The lowest BCUT2D eigenvalue weighted by atomic mass is 10.2. The first-order valence-electron chi connectivity index (χ1n) is 10.1. The third-order valence-electron chi connectivity index (χ3n) is 5.89. The number of piperazine rings is 1. The van der Waals surface area contributed by atoms with E-state index in [1.807, 2.05) is 18.3 Å². The maximum absolute atomic E-state index is 12.6. The van der Waals surface area contributed by atoms with E-state index in [0.29, 0.717) is 6.04 Å². The summed E-state index contributed by atoms with van der Waals surface area (Å²) in [6.45, 7) is 5.85. The molecule has 0 aromatic carbocycles. The molecule has 2 fully saturated rings. The first-order valence-corrected chi connectivity index (χ1v) is 10.1. The molecular formula is C21H30N4O2. The number of carbonyl (C=O) groups excluding carboxylic acids is 1. The first kappa shape index (κ1) is 18.3. The fourth-order valence-electron chi connectivity index (χ4n) is 4.24. The summed E-state index contributed by atoms with van der Waals surface area (Å²) in [7, 11) is 1.75. The van der Waals surface area contributed by atoms with Gasteiger partial charge < -0.3 is 19.4 Å². The summed E-state index contributed by atoms with van der Waals surface area (Å²) in [6.07, 6.45) is 6.66. The van der Waals surface area contributed by atoms with E-state index in [2.05, 4.69) is 31.7 Å². The number of anilines is 1. The van der Waals surface area contributed by atoms with Gasteiger partial charge in [0.1, 0.15) is 5.82 Å². The normalized spacial score (nSPS) is 19.1. The molecule has 1 saturated heterocycles. The molecule has 1 aliphatic carbocycles. The molecule has 6 nitrogen and oxygen atoms in total. The number of hydrogen-bond acceptors (Lipinski definition) is 4. The van der Waals surface area contributed by atoms with Crippen molar-refractivity contribution in [1.82, 2.24) is 14.6 Å². The van der Waals surface area contributed by atoms with Crippen LogP contribution in [0.2, 0.25) is 0 Å². The van der Waals surface area contributed by atoms with E-state index in [0.717, 1.165) is 63.3 Å². The molecule has 2 aliphatic rings. The average Bonchev–Trinajstić information content (AvgIpc) is 3.36. The third kappa shape index (κ3) is 4.12. The van der Waals surface area contributed by atoms with Gasteiger partial charge in [0, 0.05) is 57.6 Å². The van der Waals surface area contributed by atoms with Crippen LogP contribution in [0.25, 0.3) is 5.52 Å². The van der Waals surface area contributed by atoms with Gasteiger partial charge in [-0.25, -0.2) is 0 Å². The molecule has 3 heterocycles. The van der Waals surface area contributed by atoms with E-state index in [4.69, 9.17) is 4.74 Å². The Morgan fingerprint density at radius 1 is 1.11 bits per heavy atom. The summed E-state index contributed by atoms with van der Waals surface area (Å²) in [5.74, 6) is 1.22. The van der Waals surface area contributed by atoms with Crippen LogP contribution in [0.1, 0.15) is 36.0 Å². The number of amides is 1. The molecule has 1 aliphatic heterocycles. The van der Waals surface area contributed by atoms with Gasteiger partial charge in [-0.3, -0.25) is 9.69 Å². The van der Waals surface area contributed by atoms with Crippen molar-refractivity contribution < 1.29 is 9.53 Å². The number of nitrogens with one attached hydrogen (secondary N) is 1. The van der Waals surface area contributed by atoms with Crippen molar-refractivity contribution in [2.24, 2.45) is 0 Å². The van der Waals surface area contributed by atoms with Crippen LogP contribution in [-0.4, -0.2) is 67.7 Å². The fourth-order valence-corrected chi connectivity index (χ4v) is 4.24. The largest absolute Gasteiger partial charge is 0.383 e. The lowest BCUT2D eigenvalue weighted by Crippen LogP contribution is -2.47. The minimum Gasteiger partial charge on any atom is -0.383 e. The lowest BCUT2D eigenvalue weighted by Gasteiger charge is -2.35. The minimum atomic E-state index is 0.0489. The maximum atomic E-state index is 12.6. The summed E-state index contributed by atoms with van der Waals surface area (Å²) in [5, 5.41) is 3.19. The highest BCUT2D eigenvalue weighted by Gasteiger charge is 2.21. The Bertz CT molecular complexity index is 774. The molecule has 146 valence electrons. The van der Waals surface area contributed by atoms with Gasteiger partial charge in [0.2, 0.25) is 0 Å². The van der Waals surface area contributed by atoms with Crippen molar-refractivity contribution in [3.05, 3.63) is 36.0 Å². The Hall–Kier alpha value is -2.05. The average molecular weight is 370 g/mol. The van der Waals surface area contributed by atoms with Crippen LogP contribution in [0.3, 0.4) is 0 Å². The van der Waals surface area contributed by atoms with Crippen LogP contribution in [0.15, 0.2) is 30.5 Å². The molecule has 2 aromatic heterocycles. The zero-order valence-corrected chi connectivity index (χ0v) is 16.2. The Morgan fingerprint density at radius 2 is 1.85 bits per heavy atom. The van der Waals surface area contributed by atoms with E-state index >= 15 is 0 Å². The SMILES string of the molecule is COCCN1CCN(c2ccc3ccc(C(=O)NC4CCCC4)cn23)CC1. The number of nitrogens with zero attached hydrogens (tertiary/aromatic N) is 3. The third-order valence-corrected chi connectivity index (χ3v) is 5.89. The molecule has 6 heteroatoms. The Labute approximate surface area is 161 Å². The number of carbonyl (C=O) groups is 1. The summed E-state index contributed by atoms with van der Waals surface area (Å²) in [5.41, 5.74) is 1.87. The molecule has 4 rings (SSSR count). The van der Waals surface area contributed by atoms with Crippen LogP contribution in [0.5, 0.6) is 0 Å². The molecule has 1 amide bonds. The van der Waals surface area contributed by atoms with Crippen LogP contribution in [0, 0.1) is 0 Å². The standard InChI is InChI=1S/C21H30N4O2/c1-27-15-14-23-10-12-24(13-11-23)20-9-8-19-7-6-17(16-25(19)20)21(26)22-18-4-2-3-5-18/h6-9,16,18H,2-5,10-15H2,1H3,(H,22,26). The number of aromatic nitrogens is 1. The molecule has 1 saturated carbocycles. The Balaban J connectivity index is 1.46. The van der Waals surface area contributed by atoms with E-state index in [-0.39, 0.29) is 5.91 Å². The van der Waals surface area contributed by atoms with Crippen LogP contribution < -0.4 is 10.2 Å². The highest BCUT2D eigenvalue weighted by Crippen LogP contribution is 2.23. The monoisotopic (exact) mass is 370 g/mol. The second-order valence-electron chi connectivity index (χ2n) is 7.68. The van der Waals surface area contributed by atoms with Gasteiger partial charge in [-0.1, -0.05) is 12.8 Å². The molecular weight excluding hydrogens is 340 g/mol. The molecule has 0 radical (unpaired) electrons. The van der Waals surface area contributed by atoms with Gasteiger partial charge in [0.25, 0.3) is 5.91 Å². The van der Waals surface area contributed by atoms with E-state index in [1.165, 1.54) is 18.7 Å². The fraction of sp³-hybridized carbons (Fsp3) is 0.571. The van der Waals surface area contributed by atoms with Gasteiger partial charge in [-0.2, -0.15) is 0 Å². The van der Waals surface area contributed by atoms with Crippen molar-refractivity contribution in [2.45, 2.75) is 31.7 Å². The number of hydrogen-bond donors (Lipinski definition) is 1. The first-order chi connectivity index (χ1) is 13.2. The van der Waals surface area contributed by atoms with E-state index < -0.39 is 0 Å². The molecule has 27 heavy (non-hydrogen) atoms. The summed E-state index contributed by atoms with van der Waals surface area (Å²) < 4.78 is 7.35. The number of methoxy groups -OCH3 is 1. The highest BCUT2D eigenvalue weighted by molar-refractivity contribution is 5.94. The van der Waals surface area contributed by atoms with Crippen LogP contribution >= 0.6 is 0 Å². The predicted molar refractivity (Wildman–Crippen MR) is 108 cm³/mol. The van der Waals surface area contributed by atoms with Crippen molar-refractivity contribution in [3.63, 3.8) is 0 Å². The summed E-state index contributed by atoms with van der Waals surface area (Å²) >= 11 is 0. The van der Waals surface area contributed by atoms with Gasteiger partial charge in [0.05, 0.1) is 12.2 Å². The molecule has 0 atom stereocenters. The van der Waals surface area contributed by atoms with Gasteiger partial charge in [-0.05, 0) is 37.1 Å². The van der Waals surface area contributed by atoms with Gasteiger partial charge >= 0.3 is 0 Å². The molecule has 0 bridgehead atoms. The zero-order chi connectivity index (χ0) is 18.6. The zero-order valence-electron chi connectivity index (χ0n) is 16.2. The Morgan fingerprint density at radius 3 is 2.59 bits per heavy atom. The number of pyridine rings is 1. The molecule has 2 aromatic rings. The summed E-state index contributed by atoms with van der Waals surface area (Å²) in [4.78, 5) is 17.5. The van der Waals surface area contributed by atoms with Gasteiger partial charge in [0.15, 0.2) is 0 Å². The topological polar surface area (TPSA) is 49.2 Å². The number of rotatable bonds is 6. The van der Waals surface area contributed by atoms with Crippen molar-refractivity contribution in [2.75, 3.05) is 51.3 Å². The van der Waals surface area contributed by atoms with E-state index in [9.17, 15) is 4.79 Å². The smallest absolute Gasteiger partial charge is 0.252 e. The highest BCUT2D eigenvalue weighted by atomic mass is 16.5. The molecule has 0 unspecified atom stereocenters. The van der Waals surface area contributed by atoms with Gasteiger partial charge in [-0.15, -0.1) is 0 Å². The number of ether oxygens (including phenoxy) is 1. The number of fused-ring (bicyclic) bond motifs is 1. The van der Waals surface area contributed by atoms with Crippen molar-refractivity contribution in [3.8, 4) is 0 Å². The van der Waals surface area contributed by atoms with Crippen LogP contribution in [0.4, 0.5) is 5.82 Å². The predicted octanol–water partition coefficient (Wildman–Crippen LogP) is 2.38. The van der Waals surface area contributed by atoms with Crippen molar-refractivity contribution >= 4 is 17.2 Å². The lowest BCUT2D eigenvalue weighted by molar-refractivity contribution is 0.0937. The Kier molecular flexibility index (Phi) is 5.64. The maximum Gasteiger partial charge on any atom is 0.252 e. The van der Waals surface area contributed by atoms with Crippen molar-refractivity contribution in [1.29, 1.82) is 0 Å². The summed E-state index contributed by atoms with van der Waals surface area (Å²) in [6, 6.07) is 8.62. The molecule has 0 spiro atoms. The molecule has 1 N–H and O–H groups in total.